The predicted octanol–water partition coefficient (Wildman–Crippen LogP) is 1.94. The molecule has 0 aliphatic carbocycles. The molecule has 1 aliphatic rings. The average Bonchev–Trinajstić information content (AvgIpc) is 2.71. The molecule has 148 valence electrons. The quantitative estimate of drug-likeness (QED) is 0.717. The maximum atomic E-state index is 13.4. The molecule has 2 atom stereocenters. The molecule has 5 nitrogen and oxygen atoms in total. The summed E-state index contributed by atoms with van der Waals surface area (Å²) in [5.41, 5.74) is 2.63. The molecule has 0 aromatic heterocycles. The molecule has 0 saturated carbocycles. The van der Waals surface area contributed by atoms with Crippen LogP contribution in [0.4, 0.5) is 4.39 Å². The van der Waals surface area contributed by atoms with Gasteiger partial charge in [-0.25, -0.2) is 4.39 Å². The van der Waals surface area contributed by atoms with Gasteiger partial charge in [0.25, 0.3) is 5.91 Å². The van der Waals surface area contributed by atoms with Gasteiger partial charge in [0.05, 0.1) is 33.9 Å². The SMILES string of the molecule is C=CC[NH+]1CCc2cc(OC)c(OC)cc2[C@@H]1CNC(=O)c1cccc(F)c1. The van der Waals surface area contributed by atoms with Gasteiger partial charge in [0, 0.05) is 17.5 Å². The molecular formula is C22H26FN2O3+. The van der Waals surface area contributed by atoms with Gasteiger partial charge in [-0.05, 0) is 42.0 Å². The van der Waals surface area contributed by atoms with Gasteiger partial charge in [-0.1, -0.05) is 12.6 Å². The summed E-state index contributed by atoms with van der Waals surface area (Å²) in [6.07, 6.45) is 2.80. The van der Waals surface area contributed by atoms with E-state index in [0.29, 0.717) is 23.6 Å². The van der Waals surface area contributed by atoms with Crippen LogP contribution in [-0.2, 0) is 6.42 Å². The lowest BCUT2D eigenvalue weighted by Crippen LogP contribution is -3.13. The smallest absolute Gasteiger partial charge is 0.251 e. The van der Waals surface area contributed by atoms with E-state index in [1.807, 2.05) is 18.2 Å². The van der Waals surface area contributed by atoms with Gasteiger partial charge >= 0.3 is 0 Å². The number of ether oxygens (including phenoxy) is 2. The first-order valence-electron chi connectivity index (χ1n) is 9.31. The number of quaternary nitrogens is 1. The maximum Gasteiger partial charge on any atom is 0.251 e. The Morgan fingerprint density at radius 2 is 2.04 bits per heavy atom. The second-order valence-electron chi connectivity index (χ2n) is 6.83. The van der Waals surface area contributed by atoms with Crippen molar-refractivity contribution in [3.8, 4) is 11.5 Å². The minimum Gasteiger partial charge on any atom is -0.493 e. The number of benzene rings is 2. The summed E-state index contributed by atoms with van der Waals surface area (Å²) in [6.45, 7) is 6.01. The highest BCUT2D eigenvalue weighted by atomic mass is 19.1. The highest BCUT2D eigenvalue weighted by Gasteiger charge is 2.32. The molecule has 2 aromatic carbocycles. The summed E-state index contributed by atoms with van der Waals surface area (Å²) >= 11 is 0. The molecule has 1 amide bonds. The van der Waals surface area contributed by atoms with Crippen molar-refractivity contribution in [2.45, 2.75) is 12.5 Å². The summed E-state index contributed by atoms with van der Waals surface area (Å²) in [6, 6.07) is 9.76. The van der Waals surface area contributed by atoms with E-state index in [-0.39, 0.29) is 11.9 Å². The summed E-state index contributed by atoms with van der Waals surface area (Å²) in [4.78, 5) is 13.8. The van der Waals surface area contributed by atoms with E-state index < -0.39 is 5.82 Å². The third-order valence-electron chi connectivity index (χ3n) is 5.19. The van der Waals surface area contributed by atoms with Crippen LogP contribution in [-0.4, -0.2) is 39.8 Å². The van der Waals surface area contributed by atoms with Gasteiger partial charge in [-0.15, -0.1) is 0 Å². The van der Waals surface area contributed by atoms with Crippen LogP contribution < -0.4 is 19.7 Å². The van der Waals surface area contributed by atoms with Gasteiger partial charge in [-0.2, -0.15) is 0 Å². The Kier molecular flexibility index (Phi) is 6.31. The first-order chi connectivity index (χ1) is 13.6. The van der Waals surface area contributed by atoms with Crippen molar-refractivity contribution in [3.63, 3.8) is 0 Å². The number of methoxy groups -OCH3 is 2. The fourth-order valence-electron chi connectivity index (χ4n) is 3.78. The number of hydrogen-bond donors (Lipinski definition) is 2. The molecule has 1 heterocycles. The van der Waals surface area contributed by atoms with Crippen molar-refractivity contribution in [2.75, 3.05) is 33.9 Å². The maximum absolute atomic E-state index is 13.4. The topological polar surface area (TPSA) is 52.0 Å². The average molecular weight is 385 g/mol. The Hall–Kier alpha value is -2.86. The second-order valence-corrected chi connectivity index (χ2v) is 6.83. The number of hydrogen-bond acceptors (Lipinski definition) is 3. The van der Waals surface area contributed by atoms with E-state index in [2.05, 4.69) is 11.9 Å². The van der Waals surface area contributed by atoms with Crippen molar-refractivity contribution in [3.05, 3.63) is 71.6 Å². The van der Waals surface area contributed by atoms with Crippen LogP contribution in [0.1, 0.15) is 27.5 Å². The molecular weight excluding hydrogens is 359 g/mol. The Labute approximate surface area is 164 Å². The van der Waals surface area contributed by atoms with Crippen LogP contribution in [0.2, 0.25) is 0 Å². The molecule has 0 fully saturated rings. The summed E-state index contributed by atoms with van der Waals surface area (Å²) in [7, 11) is 3.24. The van der Waals surface area contributed by atoms with E-state index in [1.165, 1.54) is 28.7 Å². The van der Waals surface area contributed by atoms with Gasteiger partial charge in [0.1, 0.15) is 11.9 Å². The van der Waals surface area contributed by atoms with E-state index in [1.54, 1.807) is 20.3 Å². The molecule has 6 heteroatoms. The Morgan fingerprint density at radius 3 is 2.71 bits per heavy atom. The zero-order valence-corrected chi connectivity index (χ0v) is 16.3. The van der Waals surface area contributed by atoms with Gasteiger partial charge in [0.2, 0.25) is 0 Å². The minimum atomic E-state index is -0.425. The number of carbonyl (C=O) groups excluding carboxylic acids is 1. The van der Waals surface area contributed by atoms with E-state index in [9.17, 15) is 9.18 Å². The molecule has 28 heavy (non-hydrogen) atoms. The first kappa shape index (κ1) is 19.9. The highest BCUT2D eigenvalue weighted by molar-refractivity contribution is 5.94. The molecule has 0 radical (unpaired) electrons. The number of carbonyl (C=O) groups is 1. The zero-order valence-electron chi connectivity index (χ0n) is 16.3. The lowest BCUT2D eigenvalue weighted by Gasteiger charge is -2.34. The summed E-state index contributed by atoms with van der Waals surface area (Å²) < 4.78 is 24.3. The summed E-state index contributed by atoms with van der Waals surface area (Å²) in [5.74, 6) is 0.662. The zero-order chi connectivity index (χ0) is 20.1. The van der Waals surface area contributed by atoms with E-state index >= 15 is 0 Å². The van der Waals surface area contributed by atoms with Crippen molar-refractivity contribution in [2.24, 2.45) is 0 Å². The number of nitrogens with one attached hydrogen (secondary N) is 2. The van der Waals surface area contributed by atoms with Gasteiger partial charge in [0.15, 0.2) is 11.5 Å². The fourth-order valence-corrected chi connectivity index (χ4v) is 3.78. The molecule has 1 aliphatic heterocycles. The predicted molar refractivity (Wildman–Crippen MR) is 106 cm³/mol. The fraction of sp³-hybridized carbons (Fsp3) is 0.318. The minimum absolute atomic E-state index is 0.0408. The summed E-state index contributed by atoms with van der Waals surface area (Å²) in [5, 5.41) is 2.96. The van der Waals surface area contributed by atoms with Crippen LogP contribution in [0.5, 0.6) is 11.5 Å². The lowest BCUT2D eigenvalue weighted by molar-refractivity contribution is -0.927. The molecule has 1 unspecified atom stereocenters. The Balaban J connectivity index is 1.86. The second kappa shape index (κ2) is 8.89. The van der Waals surface area contributed by atoms with Crippen LogP contribution in [0.3, 0.4) is 0 Å². The standard InChI is InChI=1S/C22H25FN2O3/c1-4-9-25-10-8-15-12-20(27-2)21(28-3)13-18(15)19(25)14-24-22(26)16-6-5-7-17(23)11-16/h4-7,11-13,19H,1,8-10,14H2,2-3H3,(H,24,26)/p+1/t19-/m0/s1. The third kappa shape index (κ3) is 4.17. The van der Waals surface area contributed by atoms with E-state index in [4.69, 9.17) is 9.47 Å². The van der Waals surface area contributed by atoms with E-state index in [0.717, 1.165) is 25.1 Å². The lowest BCUT2D eigenvalue weighted by atomic mass is 9.91. The molecule has 0 spiro atoms. The molecule has 0 saturated heterocycles. The monoisotopic (exact) mass is 385 g/mol. The first-order valence-corrected chi connectivity index (χ1v) is 9.31. The van der Waals surface area contributed by atoms with Crippen molar-refractivity contribution >= 4 is 5.91 Å². The number of rotatable bonds is 7. The number of halogens is 1. The van der Waals surface area contributed by atoms with Crippen LogP contribution in [0.15, 0.2) is 49.1 Å². The van der Waals surface area contributed by atoms with Crippen molar-refractivity contribution in [1.29, 1.82) is 0 Å². The van der Waals surface area contributed by atoms with Gasteiger partial charge < -0.3 is 19.7 Å². The molecule has 3 rings (SSSR count). The normalized spacial score (nSPS) is 18.1. The number of fused-ring (bicyclic) bond motifs is 1. The largest absolute Gasteiger partial charge is 0.493 e. The molecule has 0 bridgehead atoms. The Bertz CT molecular complexity index is 869. The molecule has 2 aromatic rings. The molecule has 2 N–H and O–H groups in total. The van der Waals surface area contributed by atoms with Crippen molar-refractivity contribution in [1.82, 2.24) is 5.32 Å². The van der Waals surface area contributed by atoms with Crippen LogP contribution in [0.25, 0.3) is 0 Å². The van der Waals surface area contributed by atoms with Crippen LogP contribution >= 0.6 is 0 Å². The third-order valence-corrected chi connectivity index (χ3v) is 5.19. The van der Waals surface area contributed by atoms with Crippen molar-refractivity contribution < 1.29 is 23.6 Å². The highest BCUT2D eigenvalue weighted by Crippen LogP contribution is 2.34. The van der Waals surface area contributed by atoms with Crippen LogP contribution in [0, 0.1) is 5.82 Å². The Morgan fingerprint density at radius 1 is 1.29 bits per heavy atom. The number of amides is 1. The van der Waals surface area contributed by atoms with Gasteiger partial charge in [-0.3, -0.25) is 4.79 Å².